The van der Waals surface area contributed by atoms with Crippen molar-refractivity contribution in [3.63, 3.8) is 0 Å². The lowest BCUT2D eigenvalue weighted by molar-refractivity contribution is 0.246. The van der Waals surface area contributed by atoms with Gasteiger partial charge < -0.3 is 9.97 Å². The Labute approximate surface area is 123 Å². The van der Waals surface area contributed by atoms with Crippen LogP contribution < -0.4 is 5.69 Å². The van der Waals surface area contributed by atoms with Crippen LogP contribution in [0.5, 0.6) is 0 Å². The van der Waals surface area contributed by atoms with Gasteiger partial charge in [0, 0.05) is 12.6 Å². The molecule has 114 valence electrons. The number of aromatic nitrogens is 2. The summed E-state index contributed by atoms with van der Waals surface area (Å²) in [6, 6.07) is 4.79. The lowest BCUT2D eigenvalue weighted by Crippen LogP contribution is -2.43. The molecule has 0 amide bonds. The van der Waals surface area contributed by atoms with E-state index >= 15 is 0 Å². The standard InChI is InChI=1S/C14H19N3O3S/c1-2-10-5-3-4-8-17(10)21(19,20)11-6-7-12-13(9-11)16-14(18)15-12/h6-7,9-10H,2-5,8H2,1H3,(H2,15,16,18)/t10-/m0/s1. The van der Waals surface area contributed by atoms with Crippen molar-refractivity contribution < 1.29 is 8.42 Å². The van der Waals surface area contributed by atoms with Gasteiger partial charge in [0.1, 0.15) is 0 Å². The molecule has 1 fully saturated rings. The van der Waals surface area contributed by atoms with E-state index < -0.39 is 10.0 Å². The summed E-state index contributed by atoms with van der Waals surface area (Å²) in [6.45, 7) is 2.59. The Morgan fingerprint density at radius 2 is 2.00 bits per heavy atom. The molecule has 21 heavy (non-hydrogen) atoms. The third kappa shape index (κ3) is 2.51. The quantitative estimate of drug-likeness (QED) is 0.906. The second-order valence-electron chi connectivity index (χ2n) is 5.46. The molecule has 3 rings (SSSR count). The fraction of sp³-hybridized carbons (Fsp3) is 0.500. The first-order valence-corrected chi connectivity index (χ1v) is 8.70. The molecule has 7 heteroatoms. The number of sulfonamides is 1. The molecule has 1 aromatic heterocycles. The van der Waals surface area contributed by atoms with Crippen LogP contribution in [0.15, 0.2) is 27.9 Å². The average molecular weight is 309 g/mol. The molecule has 1 aliphatic heterocycles. The Bertz CT molecular complexity index is 806. The Morgan fingerprint density at radius 1 is 1.24 bits per heavy atom. The normalized spacial score (nSPS) is 20.9. The van der Waals surface area contributed by atoms with Gasteiger partial charge in [0.25, 0.3) is 0 Å². The van der Waals surface area contributed by atoms with Crippen molar-refractivity contribution in [3.05, 3.63) is 28.7 Å². The van der Waals surface area contributed by atoms with E-state index in [9.17, 15) is 13.2 Å². The molecule has 2 heterocycles. The molecule has 1 aliphatic rings. The van der Waals surface area contributed by atoms with Gasteiger partial charge in [-0.2, -0.15) is 4.31 Å². The van der Waals surface area contributed by atoms with Crippen LogP contribution in [0.25, 0.3) is 11.0 Å². The number of benzene rings is 1. The van der Waals surface area contributed by atoms with Crippen molar-refractivity contribution in [1.82, 2.24) is 14.3 Å². The third-order valence-electron chi connectivity index (χ3n) is 4.14. The van der Waals surface area contributed by atoms with Crippen molar-refractivity contribution in [2.45, 2.75) is 43.5 Å². The molecule has 0 saturated carbocycles. The van der Waals surface area contributed by atoms with E-state index in [4.69, 9.17) is 0 Å². The molecule has 1 aromatic carbocycles. The number of aromatic amines is 2. The smallest absolute Gasteiger partial charge is 0.306 e. The Morgan fingerprint density at radius 3 is 2.76 bits per heavy atom. The highest BCUT2D eigenvalue weighted by Crippen LogP contribution is 2.27. The molecular weight excluding hydrogens is 290 g/mol. The van der Waals surface area contributed by atoms with Crippen molar-refractivity contribution in [3.8, 4) is 0 Å². The first-order chi connectivity index (χ1) is 10.0. The van der Waals surface area contributed by atoms with Crippen molar-refractivity contribution in [2.24, 2.45) is 0 Å². The maximum Gasteiger partial charge on any atom is 0.323 e. The second-order valence-corrected chi connectivity index (χ2v) is 7.35. The van der Waals surface area contributed by atoms with Gasteiger partial charge in [-0.15, -0.1) is 0 Å². The number of imidazole rings is 1. The zero-order chi connectivity index (χ0) is 15.0. The van der Waals surface area contributed by atoms with Gasteiger partial charge in [0.2, 0.25) is 10.0 Å². The van der Waals surface area contributed by atoms with E-state index in [0.717, 1.165) is 25.7 Å². The zero-order valence-electron chi connectivity index (χ0n) is 11.9. The Kier molecular flexibility index (Phi) is 3.62. The highest BCUT2D eigenvalue weighted by Gasteiger charge is 2.32. The molecule has 0 radical (unpaired) electrons. The summed E-state index contributed by atoms with van der Waals surface area (Å²) in [5.74, 6) is 0. The van der Waals surface area contributed by atoms with Gasteiger partial charge in [-0.1, -0.05) is 13.3 Å². The lowest BCUT2D eigenvalue weighted by Gasteiger charge is -2.34. The summed E-state index contributed by atoms with van der Waals surface area (Å²) in [6.07, 6.45) is 3.72. The summed E-state index contributed by atoms with van der Waals surface area (Å²) < 4.78 is 27.3. The predicted molar refractivity (Wildman–Crippen MR) is 80.7 cm³/mol. The van der Waals surface area contributed by atoms with Crippen LogP contribution in [0.3, 0.4) is 0 Å². The summed E-state index contributed by atoms with van der Waals surface area (Å²) >= 11 is 0. The van der Waals surface area contributed by atoms with Crippen molar-refractivity contribution in [1.29, 1.82) is 0 Å². The van der Waals surface area contributed by atoms with E-state index in [0.29, 0.717) is 17.6 Å². The molecule has 6 nitrogen and oxygen atoms in total. The second kappa shape index (κ2) is 5.31. The molecule has 1 saturated heterocycles. The van der Waals surface area contributed by atoms with Crippen molar-refractivity contribution in [2.75, 3.05) is 6.54 Å². The van der Waals surface area contributed by atoms with Gasteiger partial charge in [0.05, 0.1) is 15.9 Å². The van der Waals surface area contributed by atoms with E-state index in [-0.39, 0.29) is 16.6 Å². The van der Waals surface area contributed by atoms with Crippen LogP contribution in [0.4, 0.5) is 0 Å². The van der Waals surface area contributed by atoms with Crippen LogP contribution in [0.2, 0.25) is 0 Å². The molecule has 0 spiro atoms. The van der Waals surface area contributed by atoms with E-state index in [1.54, 1.807) is 16.4 Å². The van der Waals surface area contributed by atoms with Crippen LogP contribution >= 0.6 is 0 Å². The molecule has 0 unspecified atom stereocenters. The lowest BCUT2D eigenvalue weighted by atomic mass is 10.0. The van der Waals surface area contributed by atoms with E-state index in [2.05, 4.69) is 9.97 Å². The van der Waals surface area contributed by atoms with Crippen LogP contribution in [-0.4, -0.2) is 35.3 Å². The largest absolute Gasteiger partial charge is 0.323 e. The van der Waals surface area contributed by atoms with Crippen LogP contribution in [-0.2, 0) is 10.0 Å². The summed E-state index contributed by atoms with van der Waals surface area (Å²) in [5, 5.41) is 0. The number of nitrogens with one attached hydrogen (secondary N) is 2. The number of hydrogen-bond donors (Lipinski definition) is 2. The van der Waals surface area contributed by atoms with Crippen molar-refractivity contribution >= 4 is 21.1 Å². The highest BCUT2D eigenvalue weighted by molar-refractivity contribution is 7.89. The van der Waals surface area contributed by atoms with E-state index in [1.165, 1.54) is 6.07 Å². The third-order valence-corrected chi connectivity index (χ3v) is 6.09. The summed E-state index contributed by atoms with van der Waals surface area (Å²) in [4.78, 5) is 16.7. The monoisotopic (exact) mass is 309 g/mol. The molecular formula is C14H19N3O3S. The fourth-order valence-electron chi connectivity index (χ4n) is 3.01. The molecule has 2 aromatic rings. The summed E-state index contributed by atoms with van der Waals surface area (Å²) in [5.41, 5.74) is 0.805. The minimum absolute atomic E-state index is 0.0738. The minimum Gasteiger partial charge on any atom is -0.306 e. The zero-order valence-corrected chi connectivity index (χ0v) is 12.7. The number of nitrogens with zero attached hydrogens (tertiary/aromatic N) is 1. The predicted octanol–water partition coefficient (Wildman–Crippen LogP) is 1.81. The van der Waals surface area contributed by atoms with Crippen LogP contribution in [0, 0.1) is 0 Å². The van der Waals surface area contributed by atoms with Crippen LogP contribution in [0.1, 0.15) is 32.6 Å². The van der Waals surface area contributed by atoms with Gasteiger partial charge >= 0.3 is 5.69 Å². The number of H-pyrrole nitrogens is 2. The van der Waals surface area contributed by atoms with Gasteiger partial charge in [-0.3, -0.25) is 0 Å². The van der Waals surface area contributed by atoms with Gasteiger partial charge in [-0.25, -0.2) is 13.2 Å². The molecule has 0 bridgehead atoms. The highest BCUT2D eigenvalue weighted by atomic mass is 32.2. The number of hydrogen-bond acceptors (Lipinski definition) is 3. The topological polar surface area (TPSA) is 86.0 Å². The fourth-order valence-corrected chi connectivity index (χ4v) is 4.80. The summed E-state index contributed by atoms with van der Waals surface area (Å²) in [7, 11) is -3.51. The SMILES string of the molecule is CC[C@H]1CCCCN1S(=O)(=O)c1ccc2[nH]c(=O)[nH]c2c1. The maximum absolute atomic E-state index is 12.8. The van der Waals surface area contributed by atoms with E-state index in [1.807, 2.05) is 6.92 Å². The average Bonchev–Trinajstić information content (AvgIpc) is 2.86. The minimum atomic E-state index is -3.51. The molecule has 2 N–H and O–H groups in total. The number of fused-ring (bicyclic) bond motifs is 1. The number of piperidine rings is 1. The molecule has 0 aliphatic carbocycles. The maximum atomic E-state index is 12.8. The Hall–Kier alpha value is -1.60. The van der Waals surface area contributed by atoms with Gasteiger partial charge in [0.15, 0.2) is 0 Å². The Balaban J connectivity index is 2.04. The first kappa shape index (κ1) is 14.3. The number of rotatable bonds is 3. The van der Waals surface area contributed by atoms with Gasteiger partial charge in [-0.05, 0) is 37.5 Å². The molecule has 1 atom stereocenters. The first-order valence-electron chi connectivity index (χ1n) is 7.26.